The molecule has 6 heteroatoms. The lowest BCUT2D eigenvalue weighted by atomic mass is 10.0. The zero-order valence-electron chi connectivity index (χ0n) is 14.8. The Labute approximate surface area is 151 Å². The van der Waals surface area contributed by atoms with Gasteiger partial charge in [-0.1, -0.05) is 30.3 Å². The maximum Gasteiger partial charge on any atom is 0.257 e. The number of anilines is 1. The SMILES string of the molecule is COc1cc(NC(=O)c2c[nH]cc2-c2ccccc2)cc(OC)c1OC. The van der Waals surface area contributed by atoms with Crippen molar-refractivity contribution in [3.63, 3.8) is 0 Å². The summed E-state index contributed by atoms with van der Waals surface area (Å²) >= 11 is 0. The fourth-order valence-corrected chi connectivity index (χ4v) is 2.76. The molecule has 26 heavy (non-hydrogen) atoms. The number of hydrogen-bond donors (Lipinski definition) is 2. The number of H-pyrrole nitrogens is 1. The van der Waals surface area contributed by atoms with Crippen LogP contribution in [-0.4, -0.2) is 32.2 Å². The summed E-state index contributed by atoms with van der Waals surface area (Å²) in [5.74, 6) is 1.18. The van der Waals surface area contributed by atoms with Crippen molar-refractivity contribution >= 4 is 11.6 Å². The first kappa shape index (κ1) is 17.4. The second-order valence-corrected chi connectivity index (χ2v) is 5.52. The number of aromatic nitrogens is 1. The summed E-state index contributed by atoms with van der Waals surface area (Å²) < 4.78 is 15.9. The minimum absolute atomic E-state index is 0.237. The summed E-state index contributed by atoms with van der Waals surface area (Å²) in [6, 6.07) is 13.1. The molecule has 1 heterocycles. The first-order valence-electron chi connectivity index (χ1n) is 8.01. The highest BCUT2D eigenvalue weighted by molar-refractivity contribution is 6.08. The van der Waals surface area contributed by atoms with Gasteiger partial charge in [-0.3, -0.25) is 4.79 Å². The van der Waals surface area contributed by atoms with Crippen molar-refractivity contribution in [1.82, 2.24) is 4.98 Å². The number of amides is 1. The third-order valence-electron chi connectivity index (χ3n) is 4.00. The molecular weight excluding hydrogens is 332 g/mol. The number of rotatable bonds is 6. The van der Waals surface area contributed by atoms with Crippen LogP contribution in [0.25, 0.3) is 11.1 Å². The number of aromatic amines is 1. The normalized spacial score (nSPS) is 10.3. The first-order chi connectivity index (χ1) is 12.7. The lowest BCUT2D eigenvalue weighted by molar-refractivity contribution is 0.102. The predicted octanol–water partition coefficient (Wildman–Crippen LogP) is 3.96. The number of hydrogen-bond acceptors (Lipinski definition) is 4. The van der Waals surface area contributed by atoms with E-state index in [0.29, 0.717) is 28.5 Å². The molecule has 0 saturated heterocycles. The van der Waals surface area contributed by atoms with Gasteiger partial charge in [-0.05, 0) is 5.56 Å². The molecule has 2 N–H and O–H groups in total. The Kier molecular flexibility index (Phi) is 5.12. The van der Waals surface area contributed by atoms with Crippen LogP contribution >= 0.6 is 0 Å². The first-order valence-corrected chi connectivity index (χ1v) is 8.01. The molecule has 6 nitrogen and oxygen atoms in total. The van der Waals surface area contributed by atoms with Crippen LogP contribution in [0, 0.1) is 0 Å². The predicted molar refractivity (Wildman–Crippen MR) is 100 cm³/mol. The summed E-state index contributed by atoms with van der Waals surface area (Å²) in [6.07, 6.45) is 3.48. The largest absolute Gasteiger partial charge is 0.493 e. The highest BCUT2D eigenvalue weighted by atomic mass is 16.5. The molecule has 0 aliphatic rings. The van der Waals surface area contributed by atoms with E-state index < -0.39 is 0 Å². The average molecular weight is 352 g/mol. The monoisotopic (exact) mass is 352 g/mol. The average Bonchev–Trinajstić information content (AvgIpc) is 3.17. The molecule has 0 spiro atoms. The fraction of sp³-hybridized carbons (Fsp3) is 0.150. The molecule has 0 atom stereocenters. The van der Waals surface area contributed by atoms with Gasteiger partial charge < -0.3 is 24.5 Å². The molecule has 0 saturated carbocycles. The van der Waals surface area contributed by atoms with E-state index in [1.807, 2.05) is 30.3 Å². The molecule has 0 bridgehead atoms. The smallest absolute Gasteiger partial charge is 0.257 e. The Bertz CT molecular complexity index is 878. The highest BCUT2D eigenvalue weighted by Crippen LogP contribution is 2.40. The quantitative estimate of drug-likeness (QED) is 0.704. The van der Waals surface area contributed by atoms with Crippen molar-refractivity contribution in [2.75, 3.05) is 26.6 Å². The molecular formula is C20H20N2O4. The third kappa shape index (κ3) is 3.35. The Balaban J connectivity index is 1.91. The van der Waals surface area contributed by atoms with Crippen LogP contribution in [0.1, 0.15) is 10.4 Å². The Hall–Kier alpha value is -3.41. The van der Waals surface area contributed by atoms with Crippen LogP contribution in [0.4, 0.5) is 5.69 Å². The van der Waals surface area contributed by atoms with Gasteiger partial charge in [0.05, 0.1) is 26.9 Å². The van der Waals surface area contributed by atoms with Crippen LogP contribution in [0.2, 0.25) is 0 Å². The number of benzene rings is 2. The van der Waals surface area contributed by atoms with Crippen molar-refractivity contribution in [2.45, 2.75) is 0 Å². The lowest BCUT2D eigenvalue weighted by Gasteiger charge is -2.14. The Morgan fingerprint density at radius 2 is 1.58 bits per heavy atom. The van der Waals surface area contributed by atoms with Crippen LogP contribution in [0.15, 0.2) is 54.9 Å². The zero-order valence-corrected chi connectivity index (χ0v) is 14.8. The second-order valence-electron chi connectivity index (χ2n) is 5.52. The Morgan fingerprint density at radius 1 is 0.923 bits per heavy atom. The van der Waals surface area contributed by atoms with Gasteiger partial charge in [-0.25, -0.2) is 0 Å². The van der Waals surface area contributed by atoms with E-state index in [4.69, 9.17) is 14.2 Å². The number of carbonyl (C=O) groups is 1. The van der Waals surface area contributed by atoms with Crippen LogP contribution in [-0.2, 0) is 0 Å². The van der Waals surface area contributed by atoms with Crippen molar-refractivity contribution in [2.24, 2.45) is 0 Å². The van der Waals surface area contributed by atoms with Gasteiger partial charge in [-0.2, -0.15) is 0 Å². The number of methoxy groups -OCH3 is 3. The highest BCUT2D eigenvalue weighted by Gasteiger charge is 2.17. The zero-order chi connectivity index (χ0) is 18.5. The van der Waals surface area contributed by atoms with Crippen molar-refractivity contribution in [3.8, 4) is 28.4 Å². The van der Waals surface area contributed by atoms with E-state index in [1.165, 1.54) is 21.3 Å². The minimum Gasteiger partial charge on any atom is -0.493 e. The molecule has 3 rings (SSSR count). The van der Waals surface area contributed by atoms with Crippen molar-refractivity contribution < 1.29 is 19.0 Å². The summed E-state index contributed by atoms with van der Waals surface area (Å²) in [4.78, 5) is 15.8. The maximum atomic E-state index is 12.8. The minimum atomic E-state index is -0.237. The lowest BCUT2D eigenvalue weighted by Crippen LogP contribution is -2.12. The van der Waals surface area contributed by atoms with E-state index >= 15 is 0 Å². The number of nitrogens with one attached hydrogen (secondary N) is 2. The molecule has 2 aromatic carbocycles. The topological polar surface area (TPSA) is 72.6 Å². The van der Waals surface area contributed by atoms with Gasteiger partial charge in [0.25, 0.3) is 5.91 Å². The molecule has 0 radical (unpaired) electrons. The Morgan fingerprint density at radius 3 is 2.15 bits per heavy atom. The number of ether oxygens (including phenoxy) is 3. The van der Waals surface area contributed by atoms with Crippen LogP contribution in [0.3, 0.4) is 0 Å². The van der Waals surface area contributed by atoms with Crippen molar-refractivity contribution in [3.05, 3.63) is 60.4 Å². The van der Waals surface area contributed by atoms with E-state index in [9.17, 15) is 4.79 Å². The van der Waals surface area contributed by atoms with E-state index in [0.717, 1.165) is 11.1 Å². The maximum absolute atomic E-state index is 12.8. The molecule has 0 aliphatic heterocycles. The van der Waals surface area contributed by atoms with Gasteiger partial charge >= 0.3 is 0 Å². The van der Waals surface area contributed by atoms with E-state index in [-0.39, 0.29) is 5.91 Å². The molecule has 1 amide bonds. The standard InChI is InChI=1S/C20H20N2O4/c1-24-17-9-14(10-18(25-2)19(17)26-3)22-20(23)16-12-21-11-15(16)13-7-5-4-6-8-13/h4-12,21H,1-3H3,(H,22,23). The van der Waals surface area contributed by atoms with Crippen molar-refractivity contribution in [1.29, 1.82) is 0 Å². The molecule has 1 aromatic heterocycles. The summed E-state index contributed by atoms with van der Waals surface area (Å²) in [7, 11) is 4.59. The van der Waals surface area contributed by atoms with Gasteiger partial charge in [-0.15, -0.1) is 0 Å². The van der Waals surface area contributed by atoms with E-state index in [2.05, 4.69) is 10.3 Å². The fourth-order valence-electron chi connectivity index (χ4n) is 2.76. The molecule has 3 aromatic rings. The molecule has 0 unspecified atom stereocenters. The third-order valence-corrected chi connectivity index (χ3v) is 4.00. The molecule has 0 aliphatic carbocycles. The number of carbonyl (C=O) groups excluding carboxylic acids is 1. The van der Waals surface area contributed by atoms with Gasteiger partial charge in [0.1, 0.15) is 0 Å². The van der Waals surface area contributed by atoms with Gasteiger partial charge in [0, 0.05) is 35.8 Å². The van der Waals surface area contributed by atoms with Crippen LogP contribution < -0.4 is 19.5 Å². The van der Waals surface area contributed by atoms with Crippen LogP contribution in [0.5, 0.6) is 17.2 Å². The summed E-state index contributed by atoms with van der Waals surface area (Å²) in [5.41, 5.74) is 2.88. The second kappa shape index (κ2) is 7.65. The van der Waals surface area contributed by atoms with Gasteiger partial charge in [0.2, 0.25) is 5.75 Å². The molecule has 134 valence electrons. The van der Waals surface area contributed by atoms with Gasteiger partial charge in [0.15, 0.2) is 11.5 Å². The molecule has 0 fully saturated rings. The summed E-state index contributed by atoms with van der Waals surface area (Å²) in [5, 5.41) is 2.88. The summed E-state index contributed by atoms with van der Waals surface area (Å²) in [6.45, 7) is 0. The van der Waals surface area contributed by atoms with E-state index in [1.54, 1.807) is 24.5 Å².